The molecule has 1 atom stereocenters. The summed E-state index contributed by atoms with van der Waals surface area (Å²) in [7, 11) is 1.70. The molecule has 2 aromatic carbocycles. The molecule has 2 aromatic heterocycles. The van der Waals surface area contributed by atoms with E-state index in [-0.39, 0.29) is 12.1 Å². The molecule has 0 spiro atoms. The Morgan fingerprint density at radius 3 is 2.50 bits per heavy atom. The summed E-state index contributed by atoms with van der Waals surface area (Å²) in [6, 6.07) is 10.2. The summed E-state index contributed by atoms with van der Waals surface area (Å²) < 4.78 is 29.6. The molecule has 0 unspecified atom stereocenters. The molecule has 1 aliphatic heterocycles. The molecule has 7 nitrogen and oxygen atoms in total. The molecule has 0 saturated heterocycles. The van der Waals surface area contributed by atoms with Gasteiger partial charge < -0.3 is 10.0 Å². The molecule has 1 aliphatic rings. The van der Waals surface area contributed by atoms with Crippen molar-refractivity contribution in [2.24, 2.45) is 4.99 Å². The summed E-state index contributed by atoms with van der Waals surface area (Å²) in [5.74, 6) is -1.11. The summed E-state index contributed by atoms with van der Waals surface area (Å²) >= 11 is 1.59. The molecule has 0 fully saturated rings. The van der Waals surface area contributed by atoms with Crippen LogP contribution in [0.4, 0.5) is 20.2 Å². The standard InChI is InChI=1S/C26H23F2N5O2S/c1-13-14(2)36-26-23(13)24(29-20(12-22(34)35)25-31-30-15(3)33(25)26)16-5-8-18(9-6-16)32(4)21-10-7-17(27)11-19(21)28/h5-11,20H,12H2,1-4H3,(H,34,35)/t20-/m0/s1. The Kier molecular flexibility index (Phi) is 5.91. The Bertz CT molecular complexity index is 1520. The van der Waals surface area contributed by atoms with Crippen LogP contribution >= 0.6 is 11.3 Å². The Morgan fingerprint density at radius 1 is 1.11 bits per heavy atom. The van der Waals surface area contributed by atoms with E-state index < -0.39 is 23.6 Å². The first-order valence-electron chi connectivity index (χ1n) is 11.3. The zero-order valence-corrected chi connectivity index (χ0v) is 20.9. The van der Waals surface area contributed by atoms with Crippen molar-refractivity contribution in [3.8, 4) is 5.00 Å². The highest BCUT2D eigenvalue weighted by atomic mass is 32.1. The number of carboxylic acids is 1. The maximum atomic E-state index is 14.3. The van der Waals surface area contributed by atoms with Gasteiger partial charge in [-0.2, -0.15) is 0 Å². The van der Waals surface area contributed by atoms with Crippen LogP contribution in [-0.2, 0) is 4.79 Å². The lowest BCUT2D eigenvalue weighted by Crippen LogP contribution is -2.12. The van der Waals surface area contributed by atoms with Crippen LogP contribution in [0.5, 0.6) is 0 Å². The van der Waals surface area contributed by atoms with E-state index >= 15 is 0 Å². The number of halogens is 2. The maximum Gasteiger partial charge on any atom is 0.306 e. The molecule has 4 aromatic rings. The second-order valence-corrected chi connectivity index (χ2v) is 9.90. The number of hydrogen-bond donors (Lipinski definition) is 1. The molecular weight excluding hydrogens is 484 g/mol. The van der Waals surface area contributed by atoms with Gasteiger partial charge in [-0.15, -0.1) is 21.5 Å². The second-order valence-electron chi connectivity index (χ2n) is 8.70. The fourth-order valence-corrected chi connectivity index (χ4v) is 5.64. The number of rotatable bonds is 5. The molecule has 0 bridgehead atoms. The van der Waals surface area contributed by atoms with Crippen molar-refractivity contribution < 1.29 is 18.7 Å². The first-order chi connectivity index (χ1) is 17.2. The van der Waals surface area contributed by atoms with E-state index in [0.29, 0.717) is 23.0 Å². The van der Waals surface area contributed by atoms with Crippen LogP contribution in [0, 0.1) is 32.4 Å². The van der Waals surface area contributed by atoms with Crippen molar-refractivity contribution >= 4 is 34.4 Å². The van der Waals surface area contributed by atoms with E-state index in [4.69, 9.17) is 4.99 Å². The highest BCUT2D eigenvalue weighted by Crippen LogP contribution is 2.39. The van der Waals surface area contributed by atoms with E-state index in [1.807, 2.05) is 49.6 Å². The van der Waals surface area contributed by atoms with Crippen LogP contribution in [0.15, 0.2) is 47.5 Å². The average Bonchev–Trinajstić information content (AvgIpc) is 3.31. The number of fused-ring (bicyclic) bond motifs is 3. The zero-order chi connectivity index (χ0) is 25.7. The fourth-order valence-electron chi connectivity index (χ4n) is 4.43. The van der Waals surface area contributed by atoms with Crippen LogP contribution in [0.3, 0.4) is 0 Å². The monoisotopic (exact) mass is 507 g/mol. The topological polar surface area (TPSA) is 83.6 Å². The average molecular weight is 508 g/mol. The molecule has 0 saturated carbocycles. The van der Waals surface area contributed by atoms with Crippen LogP contribution < -0.4 is 4.90 Å². The third-order valence-corrected chi connectivity index (χ3v) is 7.60. The maximum absolute atomic E-state index is 14.3. The van der Waals surface area contributed by atoms with Crippen molar-refractivity contribution in [2.75, 3.05) is 11.9 Å². The molecule has 0 amide bonds. The number of nitrogens with zero attached hydrogens (tertiary/aromatic N) is 5. The highest BCUT2D eigenvalue weighted by molar-refractivity contribution is 7.15. The zero-order valence-electron chi connectivity index (χ0n) is 20.1. The van der Waals surface area contributed by atoms with E-state index in [0.717, 1.165) is 32.6 Å². The number of hydrogen-bond acceptors (Lipinski definition) is 6. The molecule has 0 radical (unpaired) electrons. The lowest BCUT2D eigenvalue weighted by molar-refractivity contribution is -0.137. The van der Waals surface area contributed by atoms with Gasteiger partial charge in [0.05, 0.1) is 17.8 Å². The Balaban J connectivity index is 1.62. The van der Waals surface area contributed by atoms with Gasteiger partial charge in [-0.05, 0) is 50.6 Å². The van der Waals surface area contributed by atoms with Gasteiger partial charge in [-0.3, -0.25) is 14.4 Å². The number of aryl methyl sites for hydroxylation is 2. The van der Waals surface area contributed by atoms with Gasteiger partial charge in [0.25, 0.3) is 0 Å². The second kappa shape index (κ2) is 8.94. The van der Waals surface area contributed by atoms with Crippen LogP contribution in [-0.4, -0.2) is 38.6 Å². The van der Waals surface area contributed by atoms with E-state index in [2.05, 4.69) is 10.2 Å². The third kappa shape index (κ3) is 3.97. The van der Waals surface area contributed by atoms with Crippen LogP contribution in [0.1, 0.15) is 45.7 Å². The lowest BCUT2D eigenvalue weighted by Gasteiger charge is -2.20. The SMILES string of the molecule is Cc1sc2c(c1C)C(c1ccc(N(C)c3ccc(F)cc3F)cc1)=N[C@@H](CC(=O)O)c1nnc(C)n1-2. The minimum Gasteiger partial charge on any atom is -0.481 e. The summed E-state index contributed by atoms with van der Waals surface area (Å²) in [5.41, 5.74) is 4.38. The number of benzene rings is 2. The molecule has 5 rings (SSSR count). The van der Waals surface area contributed by atoms with Crippen LogP contribution in [0.2, 0.25) is 0 Å². The van der Waals surface area contributed by atoms with Gasteiger partial charge in [0.15, 0.2) is 5.82 Å². The van der Waals surface area contributed by atoms with E-state index in [9.17, 15) is 18.7 Å². The number of carbonyl (C=O) groups is 1. The van der Waals surface area contributed by atoms with E-state index in [1.165, 1.54) is 12.1 Å². The first-order valence-corrected chi connectivity index (χ1v) is 12.1. The molecule has 0 aliphatic carbocycles. The number of aromatic nitrogens is 3. The van der Waals surface area contributed by atoms with Crippen molar-refractivity contribution in [3.63, 3.8) is 0 Å². The number of thiophene rings is 1. The Labute approximate surface area is 210 Å². The summed E-state index contributed by atoms with van der Waals surface area (Å²) in [6.45, 7) is 5.90. The minimum absolute atomic E-state index is 0.223. The summed E-state index contributed by atoms with van der Waals surface area (Å²) in [4.78, 5) is 19.4. The van der Waals surface area contributed by atoms with Crippen molar-refractivity contribution in [1.29, 1.82) is 0 Å². The Morgan fingerprint density at radius 2 is 1.83 bits per heavy atom. The smallest absolute Gasteiger partial charge is 0.306 e. The number of carboxylic acid groups (broad SMARTS) is 1. The largest absolute Gasteiger partial charge is 0.481 e. The molecule has 36 heavy (non-hydrogen) atoms. The Hall–Kier alpha value is -3.92. The van der Waals surface area contributed by atoms with Gasteiger partial charge in [-0.25, -0.2) is 8.78 Å². The first kappa shape index (κ1) is 23.8. The molecule has 1 N–H and O–H groups in total. The van der Waals surface area contributed by atoms with Gasteiger partial charge in [0.2, 0.25) is 0 Å². The van der Waals surface area contributed by atoms with Crippen molar-refractivity contribution in [1.82, 2.24) is 14.8 Å². The quantitative estimate of drug-likeness (QED) is 0.377. The van der Waals surface area contributed by atoms with Crippen LogP contribution in [0.25, 0.3) is 5.00 Å². The molecule has 184 valence electrons. The molecular formula is C26H23F2N5O2S. The molecule has 10 heteroatoms. The lowest BCUT2D eigenvalue weighted by atomic mass is 9.99. The van der Waals surface area contributed by atoms with E-state index in [1.54, 1.807) is 23.3 Å². The fraction of sp³-hybridized carbons (Fsp3) is 0.231. The summed E-state index contributed by atoms with van der Waals surface area (Å²) in [6.07, 6.45) is -0.223. The van der Waals surface area contributed by atoms with Gasteiger partial charge in [0.1, 0.15) is 28.5 Å². The number of aliphatic carboxylic acids is 1. The van der Waals surface area contributed by atoms with Crippen molar-refractivity contribution in [2.45, 2.75) is 33.2 Å². The summed E-state index contributed by atoms with van der Waals surface area (Å²) in [5, 5.41) is 19.0. The van der Waals surface area contributed by atoms with Gasteiger partial charge >= 0.3 is 5.97 Å². The number of aliphatic imine (C=N–C) groups is 1. The highest BCUT2D eigenvalue weighted by Gasteiger charge is 2.32. The minimum atomic E-state index is -0.980. The predicted octanol–water partition coefficient (Wildman–Crippen LogP) is 5.67. The van der Waals surface area contributed by atoms with Crippen molar-refractivity contribution in [3.05, 3.63) is 87.3 Å². The molecule has 3 heterocycles. The predicted molar refractivity (Wildman–Crippen MR) is 135 cm³/mol. The third-order valence-electron chi connectivity index (χ3n) is 6.41. The van der Waals surface area contributed by atoms with Gasteiger partial charge in [-0.1, -0.05) is 12.1 Å². The normalized spacial score (nSPS) is 14.6. The van der Waals surface area contributed by atoms with Gasteiger partial charge in [0, 0.05) is 34.8 Å². The number of anilines is 2.